The van der Waals surface area contributed by atoms with E-state index in [1.54, 1.807) is 0 Å². The van der Waals surface area contributed by atoms with Crippen LogP contribution in [0.2, 0.25) is 0 Å². The molecule has 4 unspecified atom stereocenters. The molecule has 0 aliphatic rings. The van der Waals surface area contributed by atoms with Gasteiger partial charge in [-0.25, -0.2) is 9.78 Å². The van der Waals surface area contributed by atoms with Crippen molar-refractivity contribution >= 4 is 54.0 Å². The third kappa shape index (κ3) is 11.6. The minimum absolute atomic E-state index is 0.0112. The van der Waals surface area contributed by atoms with Gasteiger partial charge in [0.1, 0.15) is 18.1 Å². The second-order valence-electron chi connectivity index (χ2n) is 7.82. The molecule has 0 radical (unpaired) electrons. The van der Waals surface area contributed by atoms with E-state index in [2.05, 4.69) is 43.5 Å². The van der Waals surface area contributed by atoms with Crippen LogP contribution in [-0.2, 0) is 25.6 Å². The highest BCUT2D eigenvalue weighted by atomic mass is 32.2. The molecular weight excluding hydrogens is 510 g/mol. The smallest absolute Gasteiger partial charge is 0.326 e. The number of aliphatic imine (C=N–C) groups is 1. The number of rotatable bonds is 17. The lowest BCUT2D eigenvalue weighted by molar-refractivity contribution is -0.142. The highest BCUT2D eigenvalue weighted by Crippen LogP contribution is 2.06. The van der Waals surface area contributed by atoms with Gasteiger partial charge in [-0.05, 0) is 31.3 Å². The number of carbonyl (C=O) groups excluding carboxylic acids is 3. The second-order valence-corrected chi connectivity index (χ2v) is 9.17. The Hall–Kier alpha value is -2.98. The van der Waals surface area contributed by atoms with Crippen LogP contribution in [0.1, 0.15) is 25.0 Å². The molecule has 1 aromatic rings. The summed E-state index contributed by atoms with van der Waals surface area (Å²) in [5.41, 5.74) is 16.8. The van der Waals surface area contributed by atoms with E-state index in [9.17, 15) is 24.3 Å². The fourth-order valence-corrected chi connectivity index (χ4v) is 3.63. The Balaban J connectivity index is 2.99. The molecule has 0 aromatic carbocycles. The van der Waals surface area contributed by atoms with Gasteiger partial charge in [0, 0.05) is 30.6 Å². The third-order valence-electron chi connectivity index (χ3n) is 4.95. The van der Waals surface area contributed by atoms with Crippen LogP contribution >= 0.6 is 24.4 Å². The topological polar surface area (TPSA) is 244 Å². The second kappa shape index (κ2) is 16.6. The van der Waals surface area contributed by atoms with E-state index in [1.165, 1.54) is 24.3 Å². The molecule has 0 bridgehead atoms. The van der Waals surface area contributed by atoms with Gasteiger partial charge >= 0.3 is 5.97 Å². The Morgan fingerprint density at radius 2 is 1.75 bits per heavy atom. The average Bonchev–Trinajstić information content (AvgIpc) is 3.35. The molecule has 11 N–H and O–H groups in total. The Labute approximate surface area is 218 Å². The number of hydrogen-bond acceptors (Lipinski definition) is 9. The molecule has 14 nitrogen and oxygen atoms in total. The number of carbonyl (C=O) groups is 4. The number of nitrogens with two attached hydrogens (primary N) is 3. The van der Waals surface area contributed by atoms with Crippen LogP contribution in [0.15, 0.2) is 17.5 Å². The molecule has 3 amide bonds. The molecule has 202 valence electrons. The number of thiol groups is 1. The monoisotopic (exact) mass is 545 g/mol. The van der Waals surface area contributed by atoms with Crippen LogP contribution in [0, 0.1) is 0 Å². The Kier molecular flexibility index (Phi) is 14.4. The minimum atomic E-state index is -1.24. The van der Waals surface area contributed by atoms with E-state index in [0.29, 0.717) is 24.3 Å². The van der Waals surface area contributed by atoms with Crippen LogP contribution in [0.3, 0.4) is 0 Å². The number of aromatic nitrogens is 2. The number of imidazole rings is 1. The van der Waals surface area contributed by atoms with Crippen LogP contribution in [0.5, 0.6) is 0 Å². The van der Waals surface area contributed by atoms with Crippen molar-refractivity contribution < 1.29 is 24.3 Å². The van der Waals surface area contributed by atoms with Gasteiger partial charge in [0.15, 0.2) is 5.96 Å². The van der Waals surface area contributed by atoms with Gasteiger partial charge in [0.2, 0.25) is 17.7 Å². The molecule has 1 rings (SSSR count). The number of hydrogen-bond donors (Lipinski definition) is 9. The number of guanidine groups is 1. The van der Waals surface area contributed by atoms with Gasteiger partial charge in [-0.2, -0.15) is 24.4 Å². The van der Waals surface area contributed by atoms with Gasteiger partial charge in [0.25, 0.3) is 0 Å². The van der Waals surface area contributed by atoms with Gasteiger partial charge in [-0.1, -0.05) is 0 Å². The van der Waals surface area contributed by atoms with E-state index < -0.39 is 47.9 Å². The Morgan fingerprint density at radius 3 is 2.31 bits per heavy atom. The van der Waals surface area contributed by atoms with Gasteiger partial charge < -0.3 is 43.2 Å². The molecule has 0 spiro atoms. The molecule has 16 heteroatoms. The zero-order valence-corrected chi connectivity index (χ0v) is 21.7. The van der Waals surface area contributed by atoms with Crippen LogP contribution < -0.4 is 33.2 Å². The Bertz CT molecular complexity index is 881. The number of aliphatic carboxylic acids is 1. The lowest BCUT2D eigenvalue weighted by Gasteiger charge is -2.25. The van der Waals surface area contributed by atoms with Gasteiger partial charge in [-0.3, -0.25) is 19.4 Å². The fraction of sp³-hybridized carbons (Fsp3) is 0.600. The zero-order chi connectivity index (χ0) is 27.1. The number of nitrogens with zero attached hydrogens (tertiary/aromatic N) is 2. The predicted octanol–water partition coefficient (Wildman–Crippen LogP) is -2.44. The van der Waals surface area contributed by atoms with Crippen molar-refractivity contribution in [1.29, 1.82) is 0 Å². The van der Waals surface area contributed by atoms with Crippen molar-refractivity contribution in [2.24, 2.45) is 22.2 Å². The summed E-state index contributed by atoms with van der Waals surface area (Å²) < 4.78 is 0. The van der Waals surface area contributed by atoms with Crippen molar-refractivity contribution in [2.75, 3.05) is 24.3 Å². The third-order valence-corrected chi connectivity index (χ3v) is 5.99. The average molecular weight is 546 g/mol. The van der Waals surface area contributed by atoms with Crippen molar-refractivity contribution in [3.63, 3.8) is 0 Å². The van der Waals surface area contributed by atoms with Gasteiger partial charge in [0.05, 0.1) is 12.4 Å². The number of aromatic amines is 1. The molecule has 0 saturated carbocycles. The molecule has 0 aliphatic heterocycles. The first kappa shape index (κ1) is 31.1. The van der Waals surface area contributed by atoms with Crippen LogP contribution in [0.25, 0.3) is 0 Å². The number of carboxylic acid groups (broad SMARTS) is 1. The number of thioether (sulfide) groups is 1. The lowest BCUT2D eigenvalue weighted by Crippen LogP contribution is -2.58. The maximum atomic E-state index is 13.1. The molecule has 0 aliphatic carbocycles. The van der Waals surface area contributed by atoms with E-state index >= 15 is 0 Å². The quantitative estimate of drug-likeness (QED) is 0.0433. The molecule has 0 saturated heterocycles. The van der Waals surface area contributed by atoms with Gasteiger partial charge in [-0.15, -0.1) is 0 Å². The standard InChI is InChI=1S/C20H35N9O5S2/c1-36-6-4-13(27-16(30)12(21)9-35)17(31)29-15(7-11-8-24-10-26-11)18(32)28-14(19(33)34)3-2-5-25-20(22)23/h8,10,12-15,35H,2-7,9,21H2,1H3,(H,24,26)(H,27,30)(H,28,32)(H,29,31)(H,33,34)(H4,22,23,25). The fourth-order valence-electron chi connectivity index (χ4n) is 3.00. The first-order chi connectivity index (χ1) is 17.1. The van der Waals surface area contributed by atoms with Crippen molar-refractivity contribution in [1.82, 2.24) is 25.9 Å². The van der Waals surface area contributed by atoms with E-state index in [4.69, 9.17) is 17.2 Å². The molecule has 36 heavy (non-hydrogen) atoms. The summed E-state index contributed by atoms with van der Waals surface area (Å²) in [7, 11) is 0. The molecule has 4 atom stereocenters. The lowest BCUT2D eigenvalue weighted by atomic mass is 10.1. The van der Waals surface area contributed by atoms with Crippen molar-refractivity contribution in [3.8, 4) is 0 Å². The summed E-state index contributed by atoms with van der Waals surface area (Å²) >= 11 is 5.48. The number of amides is 3. The van der Waals surface area contributed by atoms with E-state index in [0.717, 1.165) is 0 Å². The SMILES string of the molecule is CSCCC(NC(=O)C(N)CS)C(=O)NC(Cc1cnc[nH]1)C(=O)NC(CCCN=C(N)N)C(=O)O. The van der Waals surface area contributed by atoms with E-state index in [1.807, 2.05) is 6.26 Å². The molecular formula is C20H35N9O5S2. The highest BCUT2D eigenvalue weighted by molar-refractivity contribution is 7.98. The maximum absolute atomic E-state index is 13.1. The summed E-state index contributed by atoms with van der Waals surface area (Å²) in [4.78, 5) is 60.6. The van der Waals surface area contributed by atoms with Crippen LogP contribution in [-0.4, -0.2) is 93.2 Å². The highest BCUT2D eigenvalue weighted by Gasteiger charge is 2.30. The normalized spacial score (nSPS) is 14.1. The summed E-state index contributed by atoms with van der Waals surface area (Å²) in [5.74, 6) is -2.59. The maximum Gasteiger partial charge on any atom is 0.326 e. The minimum Gasteiger partial charge on any atom is -0.480 e. The van der Waals surface area contributed by atoms with Crippen molar-refractivity contribution in [2.45, 2.75) is 49.9 Å². The first-order valence-electron chi connectivity index (χ1n) is 11.1. The summed E-state index contributed by atoms with van der Waals surface area (Å²) in [6, 6.07) is -4.24. The molecule has 1 aromatic heterocycles. The van der Waals surface area contributed by atoms with Crippen molar-refractivity contribution in [3.05, 3.63) is 18.2 Å². The summed E-state index contributed by atoms with van der Waals surface area (Å²) in [5, 5.41) is 17.2. The summed E-state index contributed by atoms with van der Waals surface area (Å²) in [6.07, 6.45) is 5.42. The number of H-pyrrole nitrogens is 1. The zero-order valence-electron chi connectivity index (χ0n) is 20.0. The first-order valence-corrected chi connectivity index (χ1v) is 13.1. The Morgan fingerprint density at radius 1 is 1.11 bits per heavy atom. The molecule has 0 fully saturated rings. The largest absolute Gasteiger partial charge is 0.480 e. The number of nitrogens with one attached hydrogen (secondary N) is 4. The summed E-state index contributed by atoms with van der Waals surface area (Å²) in [6.45, 7) is 0.196. The van der Waals surface area contributed by atoms with Crippen LogP contribution in [0.4, 0.5) is 0 Å². The molecule has 1 heterocycles. The van der Waals surface area contributed by atoms with E-state index in [-0.39, 0.29) is 31.1 Å². The number of carboxylic acids is 1. The predicted molar refractivity (Wildman–Crippen MR) is 140 cm³/mol.